The molecule has 96 valence electrons. The van der Waals surface area contributed by atoms with Gasteiger partial charge in [-0.3, -0.25) is 0 Å². The van der Waals surface area contributed by atoms with Gasteiger partial charge in [-0.25, -0.2) is 4.98 Å². The van der Waals surface area contributed by atoms with Gasteiger partial charge in [-0.1, -0.05) is 12.1 Å². The van der Waals surface area contributed by atoms with Crippen LogP contribution >= 0.6 is 0 Å². The Labute approximate surface area is 102 Å². The van der Waals surface area contributed by atoms with Gasteiger partial charge in [0.05, 0.1) is 5.39 Å². The van der Waals surface area contributed by atoms with Gasteiger partial charge >= 0.3 is 6.18 Å². The molecule has 18 heavy (non-hydrogen) atoms. The van der Waals surface area contributed by atoms with E-state index in [0.29, 0.717) is 11.1 Å². The lowest BCUT2D eigenvalue weighted by Crippen LogP contribution is -2.19. The Hall–Kier alpha value is -1.98. The molecule has 0 saturated carbocycles. The lowest BCUT2D eigenvalue weighted by Gasteiger charge is -2.12. The van der Waals surface area contributed by atoms with Gasteiger partial charge in [0.1, 0.15) is 0 Å². The van der Waals surface area contributed by atoms with Crippen LogP contribution in [0.4, 0.5) is 18.9 Å². The Morgan fingerprint density at radius 3 is 2.72 bits per heavy atom. The van der Waals surface area contributed by atoms with E-state index in [1.54, 1.807) is 25.2 Å². The van der Waals surface area contributed by atoms with Gasteiger partial charge in [-0.15, -0.1) is 0 Å². The number of fused-ring (bicyclic) bond motifs is 1. The second-order valence-corrected chi connectivity index (χ2v) is 3.67. The minimum Gasteiger partial charge on any atom is -0.468 e. The third-order valence-electron chi connectivity index (χ3n) is 2.40. The van der Waals surface area contributed by atoms with Crippen LogP contribution in [0.25, 0.3) is 10.8 Å². The van der Waals surface area contributed by atoms with Crippen LogP contribution in [0.3, 0.4) is 0 Å². The van der Waals surface area contributed by atoms with E-state index in [4.69, 9.17) is 4.74 Å². The van der Waals surface area contributed by atoms with E-state index in [2.05, 4.69) is 10.3 Å². The predicted octanol–water partition coefficient (Wildman–Crippen LogP) is 3.22. The third kappa shape index (κ3) is 2.64. The van der Waals surface area contributed by atoms with E-state index in [0.717, 1.165) is 5.39 Å². The van der Waals surface area contributed by atoms with Gasteiger partial charge in [0.2, 0.25) is 5.88 Å². The largest absolute Gasteiger partial charge is 0.468 e. The van der Waals surface area contributed by atoms with E-state index >= 15 is 0 Å². The molecule has 0 saturated heterocycles. The minimum atomic E-state index is -4.38. The molecular weight excluding hydrogens is 245 g/mol. The van der Waals surface area contributed by atoms with Crippen LogP contribution in [-0.4, -0.2) is 24.8 Å². The normalized spacial score (nSPS) is 11.6. The zero-order valence-electron chi connectivity index (χ0n) is 9.58. The Balaban J connectivity index is 2.44. The quantitative estimate of drug-likeness (QED) is 0.915. The molecule has 1 heterocycles. The molecule has 0 unspecified atom stereocenters. The fourth-order valence-electron chi connectivity index (χ4n) is 1.67. The van der Waals surface area contributed by atoms with Gasteiger partial charge in [0, 0.05) is 18.9 Å². The molecule has 1 aromatic heterocycles. The molecule has 0 aliphatic rings. The number of nitrogens with zero attached hydrogens (tertiary/aromatic N) is 1. The van der Waals surface area contributed by atoms with E-state index in [9.17, 15) is 13.2 Å². The predicted molar refractivity (Wildman–Crippen MR) is 62.8 cm³/mol. The molecule has 0 amide bonds. The molecule has 2 aromatic rings. The van der Waals surface area contributed by atoms with Crippen molar-refractivity contribution in [2.75, 3.05) is 19.0 Å². The Kier molecular flexibility index (Phi) is 3.27. The van der Waals surface area contributed by atoms with Crippen molar-refractivity contribution in [3.63, 3.8) is 0 Å². The fourth-order valence-corrected chi connectivity index (χ4v) is 1.67. The van der Waals surface area contributed by atoms with Crippen LogP contribution in [-0.2, 0) is 0 Å². The summed E-state index contributed by atoms with van der Waals surface area (Å²) in [7, 11) is 1.69. The van der Waals surface area contributed by atoms with Crippen LogP contribution in [0, 0.1) is 0 Å². The number of hydrogen-bond donors (Lipinski definition) is 1. The lowest BCUT2D eigenvalue weighted by atomic mass is 10.1. The van der Waals surface area contributed by atoms with Gasteiger partial charge in [-0.05, 0) is 17.5 Å². The summed E-state index contributed by atoms with van der Waals surface area (Å²) in [4.78, 5) is 3.86. The number of nitrogens with one attached hydrogen (secondary N) is 1. The van der Waals surface area contributed by atoms with Crippen LogP contribution in [0.15, 0.2) is 30.5 Å². The average Bonchev–Trinajstić information content (AvgIpc) is 2.34. The maximum atomic E-state index is 12.2. The average molecular weight is 256 g/mol. The van der Waals surface area contributed by atoms with Crippen molar-refractivity contribution in [3.05, 3.63) is 30.5 Å². The van der Waals surface area contributed by atoms with Crippen LogP contribution < -0.4 is 10.1 Å². The highest BCUT2D eigenvalue weighted by Crippen LogP contribution is 2.31. The van der Waals surface area contributed by atoms with E-state index in [1.165, 1.54) is 6.20 Å². The number of hydrogen-bond acceptors (Lipinski definition) is 3. The van der Waals surface area contributed by atoms with E-state index < -0.39 is 12.8 Å². The molecule has 0 radical (unpaired) electrons. The summed E-state index contributed by atoms with van der Waals surface area (Å²) in [6, 6.07) is 7.07. The SMILES string of the molecule is CNc1cccc2ccnc(OCC(F)(F)F)c12. The third-order valence-corrected chi connectivity index (χ3v) is 2.40. The molecule has 0 bridgehead atoms. The van der Waals surface area contributed by atoms with Gasteiger partial charge in [-0.2, -0.15) is 13.2 Å². The lowest BCUT2D eigenvalue weighted by molar-refractivity contribution is -0.153. The maximum Gasteiger partial charge on any atom is 0.422 e. The number of benzene rings is 1. The number of anilines is 1. The van der Waals surface area contributed by atoms with Gasteiger partial charge < -0.3 is 10.1 Å². The highest BCUT2D eigenvalue weighted by molar-refractivity contribution is 5.97. The van der Waals surface area contributed by atoms with Crippen molar-refractivity contribution in [1.29, 1.82) is 0 Å². The van der Waals surface area contributed by atoms with Gasteiger partial charge in [0.15, 0.2) is 6.61 Å². The van der Waals surface area contributed by atoms with E-state index in [-0.39, 0.29) is 5.88 Å². The first-order valence-corrected chi connectivity index (χ1v) is 5.26. The first-order valence-electron chi connectivity index (χ1n) is 5.26. The summed E-state index contributed by atoms with van der Waals surface area (Å²) in [5.41, 5.74) is 0.678. The summed E-state index contributed by atoms with van der Waals surface area (Å²) in [5, 5.41) is 4.23. The Bertz CT molecular complexity index is 549. The molecule has 0 spiro atoms. The zero-order valence-corrected chi connectivity index (χ0v) is 9.58. The summed E-state index contributed by atoms with van der Waals surface area (Å²) >= 11 is 0. The molecule has 0 fully saturated rings. The number of ether oxygens (including phenoxy) is 1. The fraction of sp³-hybridized carbons (Fsp3) is 0.250. The molecule has 0 atom stereocenters. The van der Waals surface area contributed by atoms with Gasteiger partial charge in [0.25, 0.3) is 0 Å². The molecule has 3 nitrogen and oxygen atoms in total. The van der Waals surface area contributed by atoms with Crippen molar-refractivity contribution < 1.29 is 17.9 Å². The van der Waals surface area contributed by atoms with Crippen molar-refractivity contribution >= 4 is 16.5 Å². The van der Waals surface area contributed by atoms with Crippen LogP contribution in [0.5, 0.6) is 5.88 Å². The monoisotopic (exact) mass is 256 g/mol. The van der Waals surface area contributed by atoms with Crippen LogP contribution in [0.2, 0.25) is 0 Å². The Morgan fingerprint density at radius 2 is 2.06 bits per heavy atom. The van der Waals surface area contributed by atoms with Crippen molar-refractivity contribution in [2.45, 2.75) is 6.18 Å². The molecule has 0 aliphatic heterocycles. The first kappa shape index (κ1) is 12.5. The summed E-state index contributed by atoms with van der Waals surface area (Å²) < 4.78 is 41.2. The summed E-state index contributed by atoms with van der Waals surface area (Å²) in [5.74, 6) is -0.0187. The number of alkyl halides is 3. The number of halogens is 3. The molecule has 6 heteroatoms. The summed E-state index contributed by atoms with van der Waals surface area (Å²) in [6.45, 7) is -1.35. The minimum absolute atomic E-state index is 0.0187. The highest BCUT2D eigenvalue weighted by atomic mass is 19.4. The zero-order chi connectivity index (χ0) is 13.2. The summed E-state index contributed by atoms with van der Waals surface area (Å²) in [6.07, 6.45) is -2.95. The number of rotatable bonds is 3. The second kappa shape index (κ2) is 4.72. The van der Waals surface area contributed by atoms with Crippen molar-refractivity contribution in [1.82, 2.24) is 4.98 Å². The topological polar surface area (TPSA) is 34.2 Å². The molecule has 2 rings (SSSR count). The maximum absolute atomic E-state index is 12.2. The standard InChI is InChI=1S/C12H11F3N2O/c1-16-9-4-2-3-8-5-6-17-11(10(8)9)18-7-12(13,14)15/h2-6,16H,7H2,1H3. The van der Waals surface area contributed by atoms with E-state index in [1.807, 2.05) is 6.07 Å². The van der Waals surface area contributed by atoms with Crippen molar-refractivity contribution in [2.24, 2.45) is 0 Å². The number of pyridine rings is 1. The molecule has 0 aliphatic carbocycles. The van der Waals surface area contributed by atoms with Crippen LogP contribution in [0.1, 0.15) is 0 Å². The second-order valence-electron chi connectivity index (χ2n) is 3.67. The smallest absolute Gasteiger partial charge is 0.422 e. The first-order chi connectivity index (χ1) is 8.51. The van der Waals surface area contributed by atoms with Crippen molar-refractivity contribution in [3.8, 4) is 5.88 Å². The highest BCUT2D eigenvalue weighted by Gasteiger charge is 2.29. The Morgan fingerprint density at radius 1 is 1.28 bits per heavy atom. The molecule has 1 N–H and O–H groups in total. The molecule has 1 aromatic carbocycles. The molecular formula is C12H11F3N2O. The number of aromatic nitrogens is 1.